The molecule has 0 radical (unpaired) electrons. The third-order valence-corrected chi connectivity index (χ3v) is 1.92. The van der Waals surface area contributed by atoms with E-state index in [9.17, 15) is 0 Å². The molecule has 0 fully saturated rings. The normalized spacial score (nSPS) is 10.2. The van der Waals surface area contributed by atoms with Gasteiger partial charge in [0, 0.05) is 5.69 Å². The van der Waals surface area contributed by atoms with Gasteiger partial charge in [-0.2, -0.15) is 0 Å². The van der Waals surface area contributed by atoms with Crippen molar-refractivity contribution in [3.05, 3.63) is 47.4 Å². The maximum absolute atomic E-state index is 4.08. The molecule has 0 spiro atoms. The quantitative estimate of drug-likeness (QED) is 0.615. The Kier molecular flexibility index (Phi) is 1.74. The van der Waals surface area contributed by atoms with Crippen molar-refractivity contribution in [1.29, 1.82) is 0 Å². The fourth-order valence-electron chi connectivity index (χ4n) is 1.32. The lowest BCUT2D eigenvalue weighted by atomic mass is 10.3. The van der Waals surface area contributed by atoms with E-state index >= 15 is 0 Å². The van der Waals surface area contributed by atoms with E-state index in [1.165, 1.54) is 0 Å². The number of benzene rings is 1. The zero-order valence-corrected chi connectivity index (χ0v) is 7.27. The molecule has 64 valence electrons. The summed E-state index contributed by atoms with van der Waals surface area (Å²) in [4.78, 5) is 4.08. The Bertz CT molecular complexity index is 469. The summed E-state index contributed by atoms with van der Waals surface area (Å²) in [5.74, 6) is 0. The van der Waals surface area contributed by atoms with Gasteiger partial charge in [-0.1, -0.05) is 31.4 Å². The zero-order valence-electron chi connectivity index (χ0n) is 7.27. The van der Waals surface area contributed by atoms with Crippen molar-refractivity contribution < 1.29 is 0 Å². The van der Waals surface area contributed by atoms with E-state index in [1.54, 1.807) is 6.20 Å². The van der Waals surface area contributed by atoms with Crippen LogP contribution in [0.5, 0.6) is 0 Å². The zero-order chi connectivity index (χ0) is 9.26. The Morgan fingerprint density at radius 3 is 2.31 bits per heavy atom. The summed E-state index contributed by atoms with van der Waals surface area (Å²) in [5, 5.41) is 0.858. The molecule has 2 nitrogen and oxygen atoms in total. The van der Waals surface area contributed by atoms with E-state index < -0.39 is 0 Å². The molecule has 1 aromatic carbocycles. The van der Waals surface area contributed by atoms with Crippen LogP contribution in [-0.2, 0) is 0 Å². The SMILES string of the molecule is C=c1cnc(=C)n1-c1ccccc1. The third kappa shape index (κ3) is 1.26. The van der Waals surface area contributed by atoms with Crippen LogP contribution in [0.1, 0.15) is 0 Å². The number of aromatic nitrogens is 2. The highest BCUT2D eigenvalue weighted by Gasteiger charge is 1.96. The summed E-state index contributed by atoms with van der Waals surface area (Å²) >= 11 is 0. The van der Waals surface area contributed by atoms with Crippen LogP contribution in [0.15, 0.2) is 36.5 Å². The first-order valence-corrected chi connectivity index (χ1v) is 4.06. The Labute approximate surface area is 76.5 Å². The molecule has 0 atom stereocenters. The number of hydrogen-bond donors (Lipinski definition) is 0. The topological polar surface area (TPSA) is 17.8 Å². The van der Waals surface area contributed by atoms with Crippen molar-refractivity contribution in [3.8, 4) is 5.69 Å². The van der Waals surface area contributed by atoms with Gasteiger partial charge in [0.2, 0.25) is 0 Å². The first-order chi connectivity index (χ1) is 6.29. The predicted octanol–water partition coefficient (Wildman–Crippen LogP) is 0.693. The largest absolute Gasteiger partial charge is 0.295 e. The lowest BCUT2D eigenvalue weighted by molar-refractivity contribution is 0.975. The maximum Gasteiger partial charge on any atom is 0.130 e. The van der Waals surface area contributed by atoms with Crippen molar-refractivity contribution in [2.45, 2.75) is 0 Å². The second kappa shape index (κ2) is 2.90. The molecular formula is C11H10N2. The van der Waals surface area contributed by atoms with Crippen LogP contribution in [-0.4, -0.2) is 9.55 Å². The molecule has 0 aliphatic rings. The molecule has 2 aromatic rings. The van der Waals surface area contributed by atoms with Gasteiger partial charge in [-0.3, -0.25) is 4.57 Å². The summed E-state index contributed by atoms with van der Waals surface area (Å²) in [6, 6.07) is 9.95. The van der Waals surface area contributed by atoms with Gasteiger partial charge in [0.25, 0.3) is 0 Å². The minimum Gasteiger partial charge on any atom is -0.295 e. The van der Waals surface area contributed by atoms with Crippen LogP contribution >= 0.6 is 0 Å². The third-order valence-electron chi connectivity index (χ3n) is 1.92. The van der Waals surface area contributed by atoms with Crippen LogP contribution in [0.2, 0.25) is 0 Å². The van der Waals surface area contributed by atoms with Crippen LogP contribution in [0.3, 0.4) is 0 Å². The molecule has 0 aliphatic carbocycles. The highest BCUT2D eigenvalue weighted by molar-refractivity contribution is 5.32. The van der Waals surface area contributed by atoms with Crippen molar-refractivity contribution in [1.82, 2.24) is 9.55 Å². The molecule has 0 saturated heterocycles. The Morgan fingerprint density at radius 2 is 1.77 bits per heavy atom. The number of hydrogen-bond acceptors (Lipinski definition) is 1. The molecule has 13 heavy (non-hydrogen) atoms. The van der Waals surface area contributed by atoms with Crippen molar-refractivity contribution in [3.63, 3.8) is 0 Å². The van der Waals surface area contributed by atoms with Gasteiger partial charge in [0.05, 0.1) is 11.5 Å². The molecule has 0 bridgehead atoms. The van der Waals surface area contributed by atoms with Crippen molar-refractivity contribution in [2.75, 3.05) is 0 Å². The highest BCUT2D eigenvalue weighted by Crippen LogP contribution is 1.99. The second-order valence-corrected chi connectivity index (χ2v) is 2.84. The summed E-state index contributed by atoms with van der Waals surface area (Å²) < 4.78 is 1.92. The van der Waals surface area contributed by atoms with E-state index in [-0.39, 0.29) is 0 Å². The second-order valence-electron chi connectivity index (χ2n) is 2.84. The van der Waals surface area contributed by atoms with Gasteiger partial charge >= 0.3 is 0 Å². The molecule has 1 aromatic heterocycles. The lowest BCUT2D eigenvalue weighted by Gasteiger charge is -2.01. The fourth-order valence-corrected chi connectivity index (χ4v) is 1.32. The highest BCUT2D eigenvalue weighted by atomic mass is 15.0. The molecule has 0 aliphatic heterocycles. The van der Waals surface area contributed by atoms with Gasteiger partial charge in [-0.15, -0.1) is 0 Å². The van der Waals surface area contributed by atoms with E-state index in [2.05, 4.69) is 18.1 Å². The van der Waals surface area contributed by atoms with Crippen LogP contribution < -0.4 is 10.8 Å². The van der Waals surface area contributed by atoms with E-state index in [4.69, 9.17) is 0 Å². The molecule has 0 unspecified atom stereocenters. The maximum atomic E-state index is 4.08. The number of imidazole rings is 1. The molecule has 2 rings (SSSR count). The first-order valence-electron chi connectivity index (χ1n) is 4.06. The fraction of sp³-hybridized carbons (Fsp3) is 0. The van der Waals surface area contributed by atoms with Crippen LogP contribution in [0, 0.1) is 0 Å². The number of rotatable bonds is 1. The smallest absolute Gasteiger partial charge is 0.130 e. The summed E-state index contributed by atoms with van der Waals surface area (Å²) in [5.41, 5.74) is 1.77. The minimum atomic E-state index is 0.719. The van der Waals surface area contributed by atoms with Gasteiger partial charge < -0.3 is 0 Å². The summed E-state index contributed by atoms with van der Waals surface area (Å²) in [6.07, 6.45) is 1.72. The minimum absolute atomic E-state index is 0.719. The van der Waals surface area contributed by atoms with Crippen molar-refractivity contribution in [2.24, 2.45) is 0 Å². The van der Waals surface area contributed by atoms with E-state index in [0.29, 0.717) is 0 Å². The Balaban J connectivity index is 2.73. The molecule has 2 heteroatoms. The first kappa shape index (κ1) is 7.80. The van der Waals surface area contributed by atoms with Crippen LogP contribution in [0.4, 0.5) is 0 Å². The molecule has 1 heterocycles. The van der Waals surface area contributed by atoms with Crippen LogP contribution in [0.25, 0.3) is 18.8 Å². The number of para-hydroxylation sites is 1. The summed E-state index contributed by atoms with van der Waals surface area (Å²) in [6.45, 7) is 7.71. The number of nitrogens with zero attached hydrogens (tertiary/aromatic N) is 2. The summed E-state index contributed by atoms with van der Waals surface area (Å²) in [7, 11) is 0. The van der Waals surface area contributed by atoms with E-state index in [1.807, 2.05) is 34.9 Å². The van der Waals surface area contributed by atoms with Gasteiger partial charge in [0.15, 0.2) is 0 Å². The van der Waals surface area contributed by atoms with E-state index in [0.717, 1.165) is 16.5 Å². The van der Waals surface area contributed by atoms with Gasteiger partial charge in [-0.05, 0) is 12.1 Å². The molecule has 0 N–H and O–H groups in total. The lowest BCUT2D eigenvalue weighted by Crippen LogP contribution is -2.23. The standard InChI is InChI=1S/C11H10N2/c1-9-8-12-10(2)13(9)11-6-4-3-5-7-11/h3-8H,1-2H2. The predicted molar refractivity (Wildman–Crippen MR) is 53.9 cm³/mol. The van der Waals surface area contributed by atoms with Gasteiger partial charge in [-0.25, -0.2) is 4.98 Å². The van der Waals surface area contributed by atoms with Gasteiger partial charge in [0.1, 0.15) is 5.48 Å². The average molecular weight is 170 g/mol. The monoisotopic (exact) mass is 170 g/mol. The molecule has 0 amide bonds. The molecule has 0 saturated carbocycles. The Morgan fingerprint density at radius 1 is 1.08 bits per heavy atom. The average Bonchev–Trinajstić information content (AvgIpc) is 2.48. The molecular weight excluding hydrogens is 160 g/mol. The Hall–Kier alpha value is -1.83. The van der Waals surface area contributed by atoms with Crippen molar-refractivity contribution >= 4 is 13.2 Å².